The summed E-state index contributed by atoms with van der Waals surface area (Å²) in [4.78, 5) is 29.0. The number of fused-ring (bicyclic) bond motifs is 1. The van der Waals surface area contributed by atoms with Gasteiger partial charge in [0.15, 0.2) is 17.3 Å². The molecule has 0 unspecified atom stereocenters. The Morgan fingerprint density at radius 3 is 2.38 bits per heavy atom. The molecule has 0 spiro atoms. The van der Waals surface area contributed by atoms with Crippen LogP contribution in [0.3, 0.4) is 0 Å². The lowest BCUT2D eigenvalue weighted by Crippen LogP contribution is -2.48. The fourth-order valence-electron chi connectivity index (χ4n) is 3.72. The van der Waals surface area contributed by atoms with Gasteiger partial charge in [-0.1, -0.05) is 35.9 Å². The van der Waals surface area contributed by atoms with Crippen molar-refractivity contribution in [2.45, 2.75) is 26.3 Å². The van der Waals surface area contributed by atoms with Gasteiger partial charge < -0.3 is 14.4 Å². The van der Waals surface area contributed by atoms with Crippen LogP contribution in [-0.4, -0.2) is 54.5 Å². The molecule has 6 nitrogen and oxygen atoms in total. The van der Waals surface area contributed by atoms with Crippen molar-refractivity contribution in [1.29, 1.82) is 0 Å². The molecule has 152 valence electrons. The van der Waals surface area contributed by atoms with E-state index in [1.807, 2.05) is 48.2 Å². The summed E-state index contributed by atoms with van der Waals surface area (Å²) in [6.07, 6.45) is 0.536. The van der Waals surface area contributed by atoms with E-state index in [4.69, 9.17) is 9.47 Å². The first-order chi connectivity index (χ1) is 14.1. The van der Waals surface area contributed by atoms with Crippen LogP contribution in [0, 0.1) is 6.92 Å². The molecule has 6 heteroatoms. The van der Waals surface area contributed by atoms with E-state index in [1.54, 1.807) is 0 Å². The number of carbonyl (C=O) groups excluding carboxylic acids is 2. The number of amides is 1. The fourth-order valence-corrected chi connectivity index (χ4v) is 3.72. The fraction of sp³-hybridized carbons (Fsp3) is 0.391. The molecule has 0 radical (unpaired) electrons. The van der Waals surface area contributed by atoms with E-state index < -0.39 is 0 Å². The van der Waals surface area contributed by atoms with Gasteiger partial charge in [-0.3, -0.25) is 14.5 Å². The first-order valence-electron chi connectivity index (χ1n) is 10.1. The Bertz CT molecular complexity index is 886. The first-order valence-corrected chi connectivity index (χ1v) is 10.1. The Balaban J connectivity index is 1.22. The van der Waals surface area contributed by atoms with Gasteiger partial charge in [-0.15, -0.1) is 0 Å². The lowest BCUT2D eigenvalue weighted by molar-refractivity contribution is -0.132. The summed E-state index contributed by atoms with van der Waals surface area (Å²) in [5.41, 5.74) is 2.98. The lowest BCUT2D eigenvalue weighted by atomic mass is 10.0. The number of Topliss-reactive ketones (excluding diaryl/α,β-unsaturated/α-hetero) is 1. The van der Waals surface area contributed by atoms with E-state index in [9.17, 15) is 9.59 Å². The molecule has 0 bridgehead atoms. The number of piperazine rings is 1. The number of rotatable bonds is 6. The monoisotopic (exact) mass is 394 g/mol. The van der Waals surface area contributed by atoms with Crippen LogP contribution in [0.2, 0.25) is 0 Å². The minimum atomic E-state index is 0.0276. The second-order valence-electron chi connectivity index (χ2n) is 7.63. The van der Waals surface area contributed by atoms with E-state index in [-0.39, 0.29) is 31.3 Å². The van der Waals surface area contributed by atoms with Gasteiger partial charge in [-0.25, -0.2) is 0 Å². The SMILES string of the molecule is Cc1ccc(C(=O)CCC(=O)N2CCN(Cc3ccc4c(c3)OCO4)CC2)cc1. The van der Waals surface area contributed by atoms with Crippen LogP contribution in [0.1, 0.15) is 34.3 Å². The van der Waals surface area contributed by atoms with Crippen LogP contribution in [-0.2, 0) is 11.3 Å². The minimum absolute atomic E-state index is 0.0276. The molecule has 0 aliphatic carbocycles. The maximum atomic E-state index is 12.5. The van der Waals surface area contributed by atoms with Gasteiger partial charge in [0.05, 0.1) is 0 Å². The zero-order valence-corrected chi connectivity index (χ0v) is 16.7. The smallest absolute Gasteiger partial charge is 0.231 e. The van der Waals surface area contributed by atoms with E-state index in [2.05, 4.69) is 11.0 Å². The Kier molecular flexibility index (Phi) is 5.81. The number of hydrogen-bond donors (Lipinski definition) is 0. The average Bonchev–Trinajstić information content (AvgIpc) is 3.21. The van der Waals surface area contributed by atoms with E-state index in [1.165, 1.54) is 5.56 Å². The van der Waals surface area contributed by atoms with E-state index in [0.717, 1.165) is 36.7 Å². The molecule has 4 rings (SSSR count). The molecule has 2 aromatic carbocycles. The standard InChI is InChI=1S/C23H26N2O4/c1-17-2-5-19(6-3-17)20(26)7-9-23(27)25-12-10-24(11-13-25)15-18-4-8-21-22(14-18)29-16-28-21/h2-6,8,14H,7,9-13,15-16H2,1H3. The number of ether oxygens (including phenoxy) is 2. The van der Waals surface area contributed by atoms with Gasteiger partial charge in [0, 0.05) is 51.1 Å². The summed E-state index contributed by atoms with van der Waals surface area (Å²) in [5, 5.41) is 0. The largest absolute Gasteiger partial charge is 0.454 e. The molecule has 1 fully saturated rings. The highest BCUT2D eigenvalue weighted by Gasteiger charge is 2.22. The van der Waals surface area contributed by atoms with Gasteiger partial charge in [0.2, 0.25) is 12.7 Å². The quantitative estimate of drug-likeness (QED) is 0.705. The Hall–Kier alpha value is -2.86. The zero-order chi connectivity index (χ0) is 20.2. The number of hydrogen-bond acceptors (Lipinski definition) is 5. The van der Waals surface area contributed by atoms with Crippen molar-refractivity contribution in [3.63, 3.8) is 0 Å². The van der Waals surface area contributed by atoms with Crippen LogP contribution in [0.5, 0.6) is 11.5 Å². The number of ketones is 1. The predicted octanol–water partition coefficient (Wildman–Crippen LogP) is 3.03. The van der Waals surface area contributed by atoms with Crippen molar-refractivity contribution in [3.8, 4) is 11.5 Å². The van der Waals surface area contributed by atoms with Crippen molar-refractivity contribution >= 4 is 11.7 Å². The summed E-state index contributed by atoms with van der Waals surface area (Å²) < 4.78 is 10.8. The second-order valence-corrected chi connectivity index (χ2v) is 7.63. The first kappa shape index (κ1) is 19.5. The average molecular weight is 394 g/mol. The van der Waals surface area contributed by atoms with Gasteiger partial charge in [-0.2, -0.15) is 0 Å². The van der Waals surface area contributed by atoms with Crippen LogP contribution in [0.4, 0.5) is 0 Å². The molecular weight excluding hydrogens is 368 g/mol. The molecule has 0 saturated carbocycles. The van der Waals surface area contributed by atoms with Crippen molar-refractivity contribution in [1.82, 2.24) is 9.80 Å². The van der Waals surface area contributed by atoms with E-state index in [0.29, 0.717) is 18.7 Å². The van der Waals surface area contributed by atoms with Gasteiger partial charge in [0.1, 0.15) is 0 Å². The summed E-state index contributed by atoms with van der Waals surface area (Å²) in [5.74, 6) is 1.69. The summed E-state index contributed by atoms with van der Waals surface area (Å²) >= 11 is 0. The van der Waals surface area contributed by atoms with Gasteiger partial charge >= 0.3 is 0 Å². The maximum absolute atomic E-state index is 12.5. The molecule has 29 heavy (non-hydrogen) atoms. The molecular formula is C23H26N2O4. The molecule has 2 aliphatic rings. The Labute approximate surface area is 171 Å². The van der Waals surface area contributed by atoms with E-state index >= 15 is 0 Å². The van der Waals surface area contributed by atoms with Crippen molar-refractivity contribution < 1.29 is 19.1 Å². The highest BCUT2D eigenvalue weighted by molar-refractivity contribution is 5.98. The molecule has 2 aliphatic heterocycles. The molecule has 1 saturated heterocycles. The van der Waals surface area contributed by atoms with Crippen LogP contribution in [0.15, 0.2) is 42.5 Å². The summed E-state index contributed by atoms with van der Waals surface area (Å²) in [6.45, 7) is 6.14. The normalized spacial score (nSPS) is 16.1. The third-order valence-corrected chi connectivity index (χ3v) is 5.51. The highest BCUT2D eigenvalue weighted by atomic mass is 16.7. The molecule has 2 heterocycles. The number of carbonyl (C=O) groups is 2. The third kappa shape index (κ3) is 4.77. The minimum Gasteiger partial charge on any atom is -0.454 e. The Morgan fingerprint density at radius 2 is 1.62 bits per heavy atom. The Morgan fingerprint density at radius 1 is 0.897 bits per heavy atom. The van der Waals surface area contributed by atoms with Gasteiger partial charge in [-0.05, 0) is 24.6 Å². The lowest BCUT2D eigenvalue weighted by Gasteiger charge is -2.34. The topological polar surface area (TPSA) is 59.1 Å². The molecule has 1 amide bonds. The number of aryl methyl sites for hydroxylation is 1. The summed E-state index contributed by atoms with van der Waals surface area (Å²) in [6, 6.07) is 13.5. The highest BCUT2D eigenvalue weighted by Crippen LogP contribution is 2.32. The molecule has 0 atom stereocenters. The van der Waals surface area contributed by atoms with Crippen molar-refractivity contribution in [3.05, 3.63) is 59.2 Å². The van der Waals surface area contributed by atoms with Crippen molar-refractivity contribution in [2.75, 3.05) is 33.0 Å². The maximum Gasteiger partial charge on any atom is 0.231 e. The molecule has 0 N–H and O–H groups in total. The van der Waals surface area contributed by atoms with Gasteiger partial charge in [0.25, 0.3) is 0 Å². The van der Waals surface area contributed by atoms with Crippen LogP contribution < -0.4 is 9.47 Å². The molecule has 0 aromatic heterocycles. The number of benzene rings is 2. The van der Waals surface area contributed by atoms with Crippen LogP contribution >= 0.6 is 0 Å². The number of nitrogens with zero attached hydrogens (tertiary/aromatic N) is 2. The predicted molar refractivity (Wildman–Crippen MR) is 109 cm³/mol. The zero-order valence-electron chi connectivity index (χ0n) is 16.7. The second kappa shape index (κ2) is 8.66. The van der Waals surface area contributed by atoms with Crippen molar-refractivity contribution in [2.24, 2.45) is 0 Å². The molecule has 2 aromatic rings. The van der Waals surface area contributed by atoms with Crippen LogP contribution in [0.25, 0.3) is 0 Å². The third-order valence-electron chi connectivity index (χ3n) is 5.51. The summed E-state index contributed by atoms with van der Waals surface area (Å²) in [7, 11) is 0.